The Hall–Kier alpha value is -2.53. The molecule has 1 amide bonds. The molecule has 5 nitrogen and oxygen atoms in total. The number of carbonyl (C=O) groups is 1. The zero-order valence-electron chi connectivity index (χ0n) is 11.8. The number of aromatic nitrogens is 1. The molecule has 0 aliphatic heterocycles. The number of halogens is 1. The van der Waals surface area contributed by atoms with Crippen molar-refractivity contribution in [1.29, 1.82) is 0 Å². The minimum Gasteiger partial charge on any atom is -0.506 e. The molecule has 3 aromatic rings. The van der Waals surface area contributed by atoms with Gasteiger partial charge in [-0.05, 0) is 37.3 Å². The maximum absolute atomic E-state index is 12.1. The fourth-order valence-electron chi connectivity index (χ4n) is 2.18. The smallest absolute Gasteiger partial charge is 0.230 e. The lowest BCUT2D eigenvalue weighted by Crippen LogP contribution is -2.14. The van der Waals surface area contributed by atoms with Gasteiger partial charge in [0.05, 0.1) is 12.1 Å². The van der Waals surface area contributed by atoms with Gasteiger partial charge in [-0.1, -0.05) is 28.4 Å². The molecule has 2 N–H and O–H groups in total. The maximum atomic E-state index is 12.1. The van der Waals surface area contributed by atoms with Crippen molar-refractivity contribution in [2.75, 3.05) is 5.32 Å². The molecule has 6 heteroatoms. The average molecular weight is 317 g/mol. The molecule has 0 aliphatic rings. The van der Waals surface area contributed by atoms with Crippen molar-refractivity contribution in [1.82, 2.24) is 5.16 Å². The van der Waals surface area contributed by atoms with E-state index in [4.69, 9.17) is 16.1 Å². The summed E-state index contributed by atoms with van der Waals surface area (Å²) >= 11 is 5.85. The van der Waals surface area contributed by atoms with Crippen LogP contribution in [0.3, 0.4) is 0 Å². The number of carbonyl (C=O) groups excluding carboxylic acids is 1. The Morgan fingerprint density at radius 1 is 1.32 bits per heavy atom. The first-order valence-corrected chi connectivity index (χ1v) is 7.04. The molecule has 0 radical (unpaired) electrons. The lowest BCUT2D eigenvalue weighted by atomic mass is 10.1. The Morgan fingerprint density at radius 2 is 2.14 bits per heavy atom. The molecule has 0 fully saturated rings. The van der Waals surface area contributed by atoms with Crippen LogP contribution in [0.1, 0.15) is 11.3 Å². The minimum atomic E-state index is -0.311. The average Bonchev–Trinajstić information content (AvgIpc) is 2.85. The lowest BCUT2D eigenvalue weighted by molar-refractivity contribution is -0.115. The first kappa shape index (κ1) is 14.4. The van der Waals surface area contributed by atoms with Gasteiger partial charge in [0, 0.05) is 10.4 Å². The van der Waals surface area contributed by atoms with E-state index in [0.717, 1.165) is 10.9 Å². The van der Waals surface area contributed by atoms with Gasteiger partial charge in [-0.2, -0.15) is 0 Å². The molecule has 1 aromatic heterocycles. The number of hydrogen-bond donors (Lipinski definition) is 2. The van der Waals surface area contributed by atoms with E-state index in [1.54, 1.807) is 6.07 Å². The zero-order chi connectivity index (χ0) is 15.7. The fourth-order valence-corrected chi connectivity index (χ4v) is 2.36. The molecule has 0 spiro atoms. The largest absolute Gasteiger partial charge is 0.506 e. The second-order valence-electron chi connectivity index (χ2n) is 5.02. The van der Waals surface area contributed by atoms with Crippen LogP contribution in [0.2, 0.25) is 5.02 Å². The molecule has 112 valence electrons. The van der Waals surface area contributed by atoms with Crippen LogP contribution in [0, 0.1) is 6.92 Å². The number of anilines is 1. The number of nitrogens with one attached hydrogen (secondary N) is 1. The van der Waals surface area contributed by atoms with E-state index in [1.165, 1.54) is 12.1 Å². The summed E-state index contributed by atoms with van der Waals surface area (Å²) < 4.78 is 5.20. The zero-order valence-corrected chi connectivity index (χ0v) is 12.5. The number of fused-ring (bicyclic) bond motifs is 1. The summed E-state index contributed by atoms with van der Waals surface area (Å²) in [7, 11) is 0. The fraction of sp³-hybridized carbons (Fsp3) is 0.125. The summed E-state index contributed by atoms with van der Waals surface area (Å²) in [4.78, 5) is 12.1. The van der Waals surface area contributed by atoms with E-state index in [0.29, 0.717) is 16.3 Å². The number of aromatic hydroxyl groups is 1. The number of nitrogens with zero attached hydrogens (tertiary/aromatic N) is 1. The van der Waals surface area contributed by atoms with Crippen molar-refractivity contribution in [2.45, 2.75) is 13.3 Å². The number of benzene rings is 2. The third-order valence-corrected chi connectivity index (χ3v) is 3.50. The third kappa shape index (κ3) is 2.89. The summed E-state index contributed by atoms with van der Waals surface area (Å²) in [5, 5.41) is 17.5. The van der Waals surface area contributed by atoms with Crippen molar-refractivity contribution < 1.29 is 14.4 Å². The van der Waals surface area contributed by atoms with Gasteiger partial charge in [0.15, 0.2) is 5.58 Å². The van der Waals surface area contributed by atoms with Crippen molar-refractivity contribution >= 4 is 34.2 Å². The standard InChI is InChI=1S/C16H13ClN2O3/c1-9-2-5-15-11(6-9)12(19-22-15)8-16(21)18-13-7-10(17)3-4-14(13)20/h2-7,20H,8H2,1H3,(H,18,21). The highest BCUT2D eigenvalue weighted by Gasteiger charge is 2.14. The number of phenolic OH excluding ortho intramolecular Hbond substituents is 1. The van der Waals surface area contributed by atoms with Crippen LogP contribution in [0.25, 0.3) is 11.0 Å². The number of phenols is 1. The van der Waals surface area contributed by atoms with E-state index in [9.17, 15) is 9.90 Å². The number of rotatable bonds is 3. The Labute approximate surface area is 131 Å². The molecule has 1 heterocycles. The summed E-state index contributed by atoms with van der Waals surface area (Å²) in [5.41, 5.74) is 2.52. The quantitative estimate of drug-likeness (QED) is 0.723. The van der Waals surface area contributed by atoms with E-state index >= 15 is 0 Å². The van der Waals surface area contributed by atoms with Gasteiger partial charge in [0.2, 0.25) is 5.91 Å². The SMILES string of the molecule is Cc1ccc2onc(CC(=O)Nc3cc(Cl)ccc3O)c2c1. The van der Waals surface area contributed by atoms with Crippen LogP contribution in [0.4, 0.5) is 5.69 Å². The normalized spacial score (nSPS) is 10.8. The maximum Gasteiger partial charge on any atom is 0.230 e. The number of hydrogen-bond acceptors (Lipinski definition) is 4. The van der Waals surface area contributed by atoms with Crippen LogP contribution < -0.4 is 5.32 Å². The van der Waals surface area contributed by atoms with Crippen LogP contribution in [0.5, 0.6) is 5.75 Å². The first-order valence-electron chi connectivity index (χ1n) is 6.66. The highest BCUT2D eigenvalue weighted by atomic mass is 35.5. The molecule has 2 aromatic carbocycles. The highest BCUT2D eigenvalue weighted by Crippen LogP contribution is 2.27. The van der Waals surface area contributed by atoms with Gasteiger partial charge in [-0.25, -0.2) is 0 Å². The predicted octanol–water partition coefficient (Wildman–Crippen LogP) is 3.68. The Kier molecular flexibility index (Phi) is 3.73. The van der Waals surface area contributed by atoms with E-state index in [-0.39, 0.29) is 23.8 Å². The molecular weight excluding hydrogens is 304 g/mol. The van der Waals surface area contributed by atoms with Gasteiger partial charge in [-0.3, -0.25) is 4.79 Å². The summed E-state index contributed by atoms with van der Waals surface area (Å²) in [5.74, 6) is -0.354. The number of aryl methyl sites for hydroxylation is 1. The molecular formula is C16H13ClN2O3. The lowest BCUT2D eigenvalue weighted by Gasteiger charge is -2.06. The van der Waals surface area contributed by atoms with Crippen molar-refractivity contribution in [3.8, 4) is 5.75 Å². The van der Waals surface area contributed by atoms with Gasteiger partial charge >= 0.3 is 0 Å². The van der Waals surface area contributed by atoms with Crippen molar-refractivity contribution in [3.63, 3.8) is 0 Å². The Morgan fingerprint density at radius 3 is 2.95 bits per heavy atom. The molecule has 0 saturated carbocycles. The molecule has 0 saturated heterocycles. The molecule has 0 bridgehead atoms. The van der Waals surface area contributed by atoms with Crippen LogP contribution in [-0.2, 0) is 11.2 Å². The Balaban J connectivity index is 1.81. The van der Waals surface area contributed by atoms with Gasteiger partial charge in [0.1, 0.15) is 11.4 Å². The van der Waals surface area contributed by atoms with Crippen LogP contribution >= 0.6 is 11.6 Å². The van der Waals surface area contributed by atoms with Gasteiger partial charge < -0.3 is 14.9 Å². The minimum absolute atomic E-state index is 0.0430. The van der Waals surface area contributed by atoms with E-state index < -0.39 is 0 Å². The Bertz CT molecular complexity index is 858. The molecule has 22 heavy (non-hydrogen) atoms. The van der Waals surface area contributed by atoms with Crippen LogP contribution in [0.15, 0.2) is 40.9 Å². The second-order valence-corrected chi connectivity index (χ2v) is 5.45. The topological polar surface area (TPSA) is 75.4 Å². The van der Waals surface area contributed by atoms with Gasteiger partial charge in [-0.15, -0.1) is 0 Å². The molecule has 0 aliphatic carbocycles. The summed E-state index contributed by atoms with van der Waals surface area (Å²) in [6.45, 7) is 1.96. The summed E-state index contributed by atoms with van der Waals surface area (Å²) in [6.07, 6.45) is 0.0441. The van der Waals surface area contributed by atoms with E-state index in [2.05, 4.69) is 10.5 Å². The molecule has 3 rings (SSSR count). The second kappa shape index (κ2) is 5.69. The first-order chi connectivity index (χ1) is 10.5. The van der Waals surface area contributed by atoms with Crippen molar-refractivity contribution in [2.24, 2.45) is 0 Å². The van der Waals surface area contributed by atoms with E-state index in [1.807, 2.05) is 25.1 Å². The van der Waals surface area contributed by atoms with Gasteiger partial charge in [0.25, 0.3) is 0 Å². The van der Waals surface area contributed by atoms with Crippen LogP contribution in [-0.4, -0.2) is 16.2 Å². The monoisotopic (exact) mass is 316 g/mol. The molecule has 0 unspecified atom stereocenters. The van der Waals surface area contributed by atoms with Crippen molar-refractivity contribution in [3.05, 3.63) is 52.7 Å². The highest BCUT2D eigenvalue weighted by molar-refractivity contribution is 6.31. The molecule has 0 atom stereocenters. The predicted molar refractivity (Wildman–Crippen MR) is 84.2 cm³/mol. The third-order valence-electron chi connectivity index (χ3n) is 3.26. The summed E-state index contributed by atoms with van der Waals surface area (Å²) in [6, 6.07) is 10.1. The number of amides is 1.